The molecule has 2 aromatic rings. The van der Waals surface area contributed by atoms with Crippen LogP contribution in [0.3, 0.4) is 0 Å². The van der Waals surface area contributed by atoms with E-state index in [0.717, 1.165) is 48.7 Å². The van der Waals surface area contributed by atoms with Crippen LogP contribution in [0.25, 0.3) is 10.9 Å². The number of likely N-dealkylation sites (tertiary alicyclic amines) is 1. The van der Waals surface area contributed by atoms with Crippen molar-refractivity contribution in [1.29, 1.82) is 0 Å². The number of hydrogen-bond acceptors (Lipinski definition) is 3. The van der Waals surface area contributed by atoms with Gasteiger partial charge in [0.2, 0.25) is 11.8 Å². The summed E-state index contributed by atoms with van der Waals surface area (Å²) >= 11 is 0. The fourth-order valence-corrected chi connectivity index (χ4v) is 3.74. The molecule has 0 spiro atoms. The highest BCUT2D eigenvalue weighted by Crippen LogP contribution is 2.22. The van der Waals surface area contributed by atoms with Crippen LogP contribution in [-0.2, 0) is 16.1 Å². The van der Waals surface area contributed by atoms with E-state index < -0.39 is 0 Å². The van der Waals surface area contributed by atoms with Gasteiger partial charge in [-0.05, 0) is 37.0 Å². The molecule has 2 heterocycles. The first kappa shape index (κ1) is 19.3. The maximum absolute atomic E-state index is 13.2. The average Bonchev–Trinajstić information content (AvgIpc) is 2.70. The van der Waals surface area contributed by atoms with Crippen LogP contribution >= 0.6 is 0 Å². The zero-order chi connectivity index (χ0) is 19.2. The number of aromatic nitrogens is 1. The second kappa shape index (κ2) is 8.98. The Hall–Kier alpha value is -2.43. The fourth-order valence-electron chi connectivity index (χ4n) is 3.74. The number of carbonyl (C=O) groups is 2. The summed E-state index contributed by atoms with van der Waals surface area (Å²) in [5, 5.41) is 1.10. The third-order valence-corrected chi connectivity index (χ3v) is 5.40. The lowest BCUT2D eigenvalue weighted by Gasteiger charge is -2.34. The Kier molecular flexibility index (Phi) is 6.43. The van der Waals surface area contributed by atoms with Gasteiger partial charge in [-0.1, -0.05) is 31.5 Å². The first-order valence-corrected chi connectivity index (χ1v) is 9.96. The van der Waals surface area contributed by atoms with Gasteiger partial charge in [0.05, 0.1) is 5.52 Å². The maximum Gasteiger partial charge on any atom is 0.226 e. The average molecular weight is 367 g/mol. The molecule has 0 aliphatic carbocycles. The third-order valence-electron chi connectivity index (χ3n) is 5.40. The Bertz CT molecular complexity index is 797. The number of unbranched alkanes of at least 4 members (excludes halogenated alkanes) is 1. The first-order valence-electron chi connectivity index (χ1n) is 9.96. The van der Waals surface area contributed by atoms with Crippen molar-refractivity contribution in [3.8, 4) is 0 Å². The number of amides is 2. The van der Waals surface area contributed by atoms with Gasteiger partial charge in [0.1, 0.15) is 0 Å². The Morgan fingerprint density at radius 1 is 1.22 bits per heavy atom. The molecule has 0 unspecified atom stereocenters. The number of hydrogen-bond donors (Lipinski definition) is 0. The van der Waals surface area contributed by atoms with Crippen LogP contribution in [-0.4, -0.2) is 46.2 Å². The summed E-state index contributed by atoms with van der Waals surface area (Å²) < 4.78 is 0. The molecule has 0 saturated carbocycles. The summed E-state index contributed by atoms with van der Waals surface area (Å²) in [5.74, 6) is 0.344. The lowest BCUT2D eigenvalue weighted by atomic mass is 9.95. The van der Waals surface area contributed by atoms with E-state index >= 15 is 0 Å². The van der Waals surface area contributed by atoms with Gasteiger partial charge >= 0.3 is 0 Å². The number of benzene rings is 1. The second-order valence-electron chi connectivity index (χ2n) is 7.43. The van der Waals surface area contributed by atoms with E-state index in [4.69, 9.17) is 0 Å². The van der Waals surface area contributed by atoms with Gasteiger partial charge in [-0.2, -0.15) is 0 Å². The topological polar surface area (TPSA) is 53.5 Å². The van der Waals surface area contributed by atoms with Gasteiger partial charge < -0.3 is 9.80 Å². The van der Waals surface area contributed by atoms with Crippen LogP contribution < -0.4 is 0 Å². The predicted octanol–water partition coefficient (Wildman–Crippen LogP) is 3.62. The number of carbonyl (C=O) groups excluding carboxylic acids is 2. The van der Waals surface area contributed by atoms with Crippen LogP contribution in [0.5, 0.6) is 0 Å². The molecule has 1 aliphatic heterocycles. The number of rotatable bonds is 6. The number of nitrogens with zero attached hydrogens (tertiary/aromatic N) is 3. The van der Waals surface area contributed by atoms with E-state index in [-0.39, 0.29) is 17.7 Å². The van der Waals surface area contributed by atoms with Gasteiger partial charge in [0.25, 0.3) is 0 Å². The van der Waals surface area contributed by atoms with Crippen LogP contribution in [0, 0.1) is 5.92 Å². The van der Waals surface area contributed by atoms with Gasteiger partial charge in [0.15, 0.2) is 0 Å². The monoisotopic (exact) mass is 367 g/mol. The minimum absolute atomic E-state index is 0.0193. The van der Waals surface area contributed by atoms with E-state index in [1.54, 1.807) is 6.92 Å². The summed E-state index contributed by atoms with van der Waals surface area (Å²) in [4.78, 5) is 33.0. The zero-order valence-corrected chi connectivity index (χ0v) is 16.4. The van der Waals surface area contributed by atoms with Crippen LogP contribution in [0.2, 0.25) is 0 Å². The Labute approximate surface area is 161 Å². The number of piperidine rings is 1. The molecule has 2 amide bonds. The van der Waals surface area contributed by atoms with Crippen molar-refractivity contribution in [1.82, 2.24) is 14.8 Å². The molecular formula is C22H29N3O2. The molecule has 1 aromatic carbocycles. The van der Waals surface area contributed by atoms with Crippen LogP contribution in [0.15, 0.2) is 36.5 Å². The van der Waals surface area contributed by atoms with Crippen molar-refractivity contribution in [2.75, 3.05) is 19.6 Å². The largest absolute Gasteiger partial charge is 0.343 e. The summed E-state index contributed by atoms with van der Waals surface area (Å²) in [6.07, 6.45) is 5.46. The molecule has 1 aromatic heterocycles. The van der Waals surface area contributed by atoms with Crippen molar-refractivity contribution < 1.29 is 9.59 Å². The van der Waals surface area contributed by atoms with Gasteiger partial charge in [0, 0.05) is 50.6 Å². The molecular weight excluding hydrogens is 338 g/mol. The summed E-state index contributed by atoms with van der Waals surface area (Å²) in [7, 11) is 0. The highest BCUT2D eigenvalue weighted by atomic mass is 16.2. The van der Waals surface area contributed by atoms with Crippen molar-refractivity contribution in [2.45, 2.75) is 46.1 Å². The van der Waals surface area contributed by atoms with Gasteiger partial charge in [-0.3, -0.25) is 14.6 Å². The van der Waals surface area contributed by atoms with Crippen molar-refractivity contribution in [2.24, 2.45) is 5.92 Å². The van der Waals surface area contributed by atoms with Crippen molar-refractivity contribution >= 4 is 22.7 Å². The fraction of sp³-hybridized carbons (Fsp3) is 0.500. The number of pyridine rings is 1. The summed E-state index contributed by atoms with van der Waals surface area (Å²) in [6.45, 7) is 6.49. The lowest BCUT2D eigenvalue weighted by Crippen LogP contribution is -2.44. The molecule has 0 atom stereocenters. The van der Waals surface area contributed by atoms with Gasteiger partial charge in [-0.25, -0.2) is 0 Å². The lowest BCUT2D eigenvalue weighted by molar-refractivity contribution is -0.140. The van der Waals surface area contributed by atoms with E-state index in [0.29, 0.717) is 19.6 Å². The molecule has 3 rings (SSSR count). The molecule has 1 saturated heterocycles. The normalized spacial score (nSPS) is 15.1. The highest BCUT2D eigenvalue weighted by molar-refractivity contribution is 5.81. The number of fused-ring (bicyclic) bond motifs is 1. The Morgan fingerprint density at radius 3 is 2.67 bits per heavy atom. The third kappa shape index (κ3) is 4.85. The standard InChI is InChI=1S/C22H29N3O2/c1-3-4-11-25(22(27)19-9-12-24(13-10-19)17(2)26)16-18-14-20-7-5-6-8-21(20)23-15-18/h5-8,14-15,19H,3-4,9-13,16H2,1-2H3. The molecule has 0 N–H and O–H groups in total. The molecule has 0 radical (unpaired) electrons. The predicted molar refractivity (Wildman–Crippen MR) is 107 cm³/mol. The van der Waals surface area contributed by atoms with Gasteiger partial charge in [-0.15, -0.1) is 0 Å². The highest BCUT2D eigenvalue weighted by Gasteiger charge is 2.29. The van der Waals surface area contributed by atoms with Crippen molar-refractivity contribution in [3.63, 3.8) is 0 Å². The maximum atomic E-state index is 13.2. The van der Waals surface area contributed by atoms with Crippen molar-refractivity contribution in [3.05, 3.63) is 42.1 Å². The summed E-state index contributed by atoms with van der Waals surface area (Å²) in [6, 6.07) is 10.2. The molecule has 0 bridgehead atoms. The molecule has 27 heavy (non-hydrogen) atoms. The molecule has 1 aliphatic rings. The Morgan fingerprint density at radius 2 is 1.96 bits per heavy atom. The second-order valence-corrected chi connectivity index (χ2v) is 7.43. The first-order chi connectivity index (χ1) is 13.1. The van der Waals surface area contributed by atoms with Crippen LogP contribution in [0.1, 0.15) is 45.1 Å². The quantitative estimate of drug-likeness (QED) is 0.783. The van der Waals surface area contributed by atoms with E-state index in [2.05, 4.69) is 24.0 Å². The molecule has 5 heteroatoms. The van der Waals surface area contributed by atoms with E-state index in [1.165, 1.54) is 0 Å². The SMILES string of the molecule is CCCCN(Cc1cnc2ccccc2c1)C(=O)C1CCN(C(C)=O)CC1. The minimum atomic E-state index is 0.0193. The van der Waals surface area contributed by atoms with Crippen LogP contribution in [0.4, 0.5) is 0 Å². The number of para-hydroxylation sites is 1. The Balaban J connectivity index is 1.70. The molecule has 5 nitrogen and oxygen atoms in total. The smallest absolute Gasteiger partial charge is 0.226 e. The molecule has 144 valence electrons. The van der Waals surface area contributed by atoms with E-state index in [1.807, 2.05) is 34.2 Å². The zero-order valence-electron chi connectivity index (χ0n) is 16.4. The molecule has 1 fully saturated rings. The minimum Gasteiger partial charge on any atom is -0.343 e. The summed E-state index contributed by atoms with van der Waals surface area (Å²) in [5.41, 5.74) is 2.05. The van der Waals surface area contributed by atoms with E-state index in [9.17, 15) is 9.59 Å².